The van der Waals surface area contributed by atoms with Crippen LogP contribution in [-0.4, -0.2) is 39.0 Å². The lowest BCUT2D eigenvalue weighted by Gasteiger charge is -2.19. The van der Waals surface area contributed by atoms with Crippen LogP contribution in [0.3, 0.4) is 0 Å². The fraction of sp³-hybridized carbons (Fsp3) is 0.150. The average molecular weight is 365 g/mol. The van der Waals surface area contributed by atoms with Gasteiger partial charge in [-0.1, -0.05) is 30.3 Å². The Kier molecular flexibility index (Phi) is 4.42. The first kappa shape index (κ1) is 17.0. The lowest BCUT2D eigenvalue weighted by atomic mass is 10.1. The minimum Gasteiger partial charge on any atom is -0.505 e. The molecule has 0 atom stereocenters. The van der Waals surface area contributed by atoms with Crippen LogP contribution in [-0.2, 0) is 6.54 Å². The molecule has 1 N–H and O–H groups in total. The van der Waals surface area contributed by atoms with Crippen LogP contribution in [0.25, 0.3) is 11.4 Å². The van der Waals surface area contributed by atoms with E-state index in [1.54, 1.807) is 4.90 Å². The third kappa shape index (κ3) is 3.44. The number of benzene rings is 2. The Morgan fingerprint density at radius 3 is 2.78 bits per heavy atom. The number of hydrogen-bond acceptors (Lipinski definition) is 5. The monoisotopic (exact) mass is 365 g/mol. The Labute approximate surface area is 154 Å². The van der Waals surface area contributed by atoms with Gasteiger partial charge in [-0.15, -0.1) is 0 Å². The number of carbonyl (C=O) groups is 1. The van der Waals surface area contributed by atoms with Crippen LogP contribution < -0.4 is 4.74 Å². The molecule has 2 heterocycles. The molecule has 6 nitrogen and oxygen atoms in total. The quantitative estimate of drug-likeness (QED) is 0.772. The number of aromatic nitrogens is 2. The molecule has 0 fully saturated rings. The van der Waals surface area contributed by atoms with E-state index in [2.05, 4.69) is 9.97 Å². The fourth-order valence-electron chi connectivity index (χ4n) is 2.89. The van der Waals surface area contributed by atoms with Gasteiger partial charge in [0.1, 0.15) is 12.2 Å². The van der Waals surface area contributed by atoms with E-state index in [9.17, 15) is 14.3 Å². The van der Waals surface area contributed by atoms with Gasteiger partial charge in [-0.05, 0) is 23.8 Å². The van der Waals surface area contributed by atoms with Gasteiger partial charge in [0.2, 0.25) is 5.88 Å². The molecule has 1 aliphatic heterocycles. The number of phenols is 1. The van der Waals surface area contributed by atoms with Gasteiger partial charge in [-0.3, -0.25) is 4.79 Å². The summed E-state index contributed by atoms with van der Waals surface area (Å²) in [5.41, 5.74) is 1.67. The predicted molar refractivity (Wildman–Crippen MR) is 95.8 cm³/mol. The maximum absolute atomic E-state index is 13.6. The molecule has 3 aromatic rings. The molecular formula is C20H16FN3O3. The van der Waals surface area contributed by atoms with Crippen LogP contribution in [0.5, 0.6) is 11.6 Å². The molecule has 7 heteroatoms. The van der Waals surface area contributed by atoms with Crippen molar-refractivity contribution in [2.75, 3.05) is 13.2 Å². The summed E-state index contributed by atoms with van der Waals surface area (Å²) in [5, 5.41) is 9.31. The zero-order chi connectivity index (χ0) is 18.8. The predicted octanol–water partition coefficient (Wildman–Crippen LogP) is 3.02. The molecule has 0 bridgehead atoms. The highest BCUT2D eigenvalue weighted by Crippen LogP contribution is 2.27. The van der Waals surface area contributed by atoms with Crippen molar-refractivity contribution in [2.45, 2.75) is 6.54 Å². The average Bonchev–Trinajstić information content (AvgIpc) is 2.84. The number of halogens is 1. The van der Waals surface area contributed by atoms with Crippen molar-refractivity contribution in [3.63, 3.8) is 0 Å². The topological polar surface area (TPSA) is 75.5 Å². The lowest BCUT2D eigenvalue weighted by molar-refractivity contribution is 0.0742. The molecule has 4 rings (SSSR count). The van der Waals surface area contributed by atoms with Crippen molar-refractivity contribution in [1.29, 1.82) is 0 Å². The van der Waals surface area contributed by atoms with E-state index in [4.69, 9.17) is 4.74 Å². The van der Waals surface area contributed by atoms with Crippen molar-refractivity contribution in [1.82, 2.24) is 14.9 Å². The van der Waals surface area contributed by atoms with E-state index < -0.39 is 11.6 Å². The molecule has 1 amide bonds. The number of ether oxygens (including phenoxy) is 1. The van der Waals surface area contributed by atoms with Crippen molar-refractivity contribution in [3.05, 3.63) is 71.7 Å². The Bertz CT molecular complexity index is 995. The largest absolute Gasteiger partial charge is 0.505 e. The molecule has 0 spiro atoms. The van der Waals surface area contributed by atoms with Crippen LogP contribution in [0.4, 0.5) is 4.39 Å². The Balaban J connectivity index is 1.63. The second-order valence-corrected chi connectivity index (χ2v) is 6.14. The number of aromatic hydroxyl groups is 1. The van der Waals surface area contributed by atoms with Gasteiger partial charge < -0.3 is 14.7 Å². The summed E-state index contributed by atoms with van der Waals surface area (Å²) in [5.74, 6) is -1.03. The first-order chi connectivity index (χ1) is 13.1. The van der Waals surface area contributed by atoms with Crippen LogP contribution in [0.1, 0.15) is 15.9 Å². The van der Waals surface area contributed by atoms with Gasteiger partial charge in [0.25, 0.3) is 5.91 Å². The van der Waals surface area contributed by atoms with E-state index in [0.29, 0.717) is 25.3 Å². The van der Waals surface area contributed by atoms with Gasteiger partial charge in [0, 0.05) is 18.3 Å². The highest BCUT2D eigenvalue weighted by molar-refractivity contribution is 5.96. The third-order valence-electron chi connectivity index (χ3n) is 4.29. The van der Waals surface area contributed by atoms with Crippen LogP contribution in [0, 0.1) is 5.82 Å². The van der Waals surface area contributed by atoms with E-state index in [1.165, 1.54) is 18.3 Å². The van der Waals surface area contributed by atoms with Gasteiger partial charge in [0.05, 0.1) is 6.54 Å². The number of rotatable bonds is 3. The molecule has 2 aromatic carbocycles. The molecular weight excluding hydrogens is 349 g/mol. The number of nitrogens with zero attached hydrogens (tertiary/aromatic N) is 3. The summed E-state index contributed by atoms with van der Waals surface area (Å²) in [6.45, 7) is 1.19. The summed E-state index contributed by atoms with van der Waals surface area (Å²) in [6, 6.07) is 13.6. The fourth-order valence-corrected chi connectivity index (χ4v) is 2.89. The maximum Gasteiger partial charge on any atom is 0.261 e. The third-order valence-corrected chi connectivity index (χ3v) is 4.29. The Morgan fingerprint density at radius 2 is 2.00 bits per heavy atom. The van der Waals surface area contributed by atoms with Crippen molar-refractivity contribution in [2.24, 2.45) is 0 Å². The number of hydrogen-bond donors (Lipinski definition) is 1. The molecule has 0 saturated carbocycles. The minimum atomic E-state index is -0.767. The number of carbonyl (C=O) groups excluding carboxylic acids is 1. The standard InChI is InChI=1S/C20H16FN3O3/c21-16-10-14(6-7-17(16)25)18-22-11-15-19(23-18)27-9-8-24(20(15)26)12-13-4-2-1-3-5-13/h1-7,10-11,25H,8-9,12H2. The maximum atomic E-state index is 13.6. The van der Waals surface area contributed by atoms with E-state index >= 15 is 0 Å². The zero-order valence-corrected chi connectivity index (χ0v) is 14.3. The normalized spacial score (nSPS) is 13.7. The Morgan fingerprint density at radius 1 is 1.19 bits per heavy atom. The minimum absolute atomic E-state index is 0.175. The molecule has 0 aliphatic carbocycles. The van der Waals surface area contributed by atoms with Crippen molar-refractivity contribution >= 4 is 5.91 Å². The van der Waals surface area contributed by atoms with Crippen LogP contribution in [0.2, 0.25) is 0 Å². The van der Waals surface area contributed by atoms with Crippen molar-refractivity contribution < 1.29 is 19.0 Å². The summed E-state index contributed by atoms with van der Waals surface area (Å²) < 4.78 is 19.2. The summed E-state index contributed by atoms with van der Waals surface area (Å²) in [6.07, 6.45) is 1.40. The van der Waals surface area contributed by atoms with Gasteiger partial charge in [-0.2, -0.15) is 4.98 Å². The molecule has 0 radical (unpaired) electrons. The van der Waals surface area contributed by atoms with E-state index in [0.717, 1.165) is 11.6 Å². The highest BCUT2D eigenvalue weighted by atomic mass is 19.1. The molecule has 0 unspecified atom stereocenters. The van der Waals surface area contributed by atoms with Gasteiger partial charge in [-0.25, -0.2) is 9.37 Å². The molecule has 1 aromatic heterocycles. The van der Waals surface area contributed by atoms with Crippen LogP contribution in [0.15, 0.2) is 54.7 Å². The van der Waals surface area contributed by atoms with Crippen molar-refractivity contribution in [3.8, 4) is 23.0 Å². The van der Waals surface area contributed by atoms with Gasteiger partial charge in [0.15, 0.2) is 17.4 Å². The number of phenolic OH excluding ortho intramolecular Hbond substituents is 1. The lowest BCUT2D eigenvalue weighted by Crippen LogP contribution is -2.31. The molecule has 0 saturated heterocycles. The zero-order valence-electron chi connectivity index (χ0n) is 14.3. The van der Waals surface area contributed by atoms with Gasteiger partial charge >= 0.3 is 0 Å². The number of fused-ring (bicyclic) bond motifs is 1. The highest BCUT2D eigenvalue weighted by Gasteiger charge is 2.26. The summed E-state index contributed by atoms with van der Waals surface area (Å²) >= 11 is 0. The molecule has 1 aliphatic rings. The van der Waals surface area contributed by atoms with Crippen LogP contribution >= 0.6 is 0 Å². The SMILES string of the molecule is O=C1c2cnc(-c3ccc(O)c(F)c3)nc2OCCN1Cc1ccccc1. The molecule has 136 valence electrons. The van der Waals surface area contributed by atoms with E-state index in [-0.39, 0.29) is 23.2 Å². The molecule has 27 heavy (non-hydrogen) atoms. The Hall–Kier alpha value is -3.48. The smallest absolute Gasteiger partial charge is 0.261 e. The second-order valence-electron chi connectivity index (χ2n) is 6.14. The number of amides is 1. The summed E-state index contributed by atoms with van der Waals surface area (Å²) in [7, 11) is 0. The van der Waals surface area contributed by atoms with E-state index in [1.807, 2.05) is 30.3 Å². The first-order valence-electron chi connectivity index (χ1n) is 8.44. The second kappa shape index (κ2) is 7.03. The summed E-state index contributed by atoms with van der Waals surface area (Å²) in [4.78, 5) is 23.0. The first-order valence-corrected chi connectivity index (χ1v) is 8.44.